The number of ether oxygens (including phenoxy) is 3. The number of para-hydroxylation sites is 1. The number of β-amino-alcohol motifs (C(OH)–C–C–N with tert-alkyl or cyclic N) is 1. The number of phenols is 1. The van der Waals surface area contributed by atoms with Gasteiger partial charge in [0.05, 0.1) is 41.4 Å². The summed E-state index contributed by atoms with van der Waals surface area (Å²) in [5.74, 6) is 0.963. The average molecular weight is 1050 g/mol. The molecule has 1 saturated carbocycles. The van der Waals surface area contributed by atoms with E-state index >= 15 is 0 Å². The molecular formula is C57H69N11O9. The van der Waals surface area contributed by atoms with Gasteiger partial charge in [-0.25, -0.2) is 9.97 Å². The van der Waals surface area contributed by atoms with Crippen LogP contribution in [0.4, 0.5) is 17.2 Å². The molecule has 2 amide bonds. The molecule has 20 nitrogen and oxygen atoms in total. The first-order valence-corrected chi connectivity index (χ1v) is 27.2. The normalized spacial score (nSPS) is 23.5. The highest BCUT2D eigenvalue weighted by molar-refractivity contribution is 5.91. The third-order valence-corrected chi connectivity index (χ3v) is 16.1. The standard InChI is InChI=1S/C57H69N11O9/c1-33(2)53(57(72)67-31-41(69)24-48(67)56(71)61-34(3)36-9-11-37(12-10-36)54-35(4)60-32-74-54)50-28-52(64-77-50)73-22-21-65-19-16-42(17-20-65)75-43-25-44(26-43)76-51-23-38(15-18-59-51)68-39-13-14-40(68)30-66(29-39)47-27-46(62-63-55(47)58)45-7-5-6-8-49(45)70/h5-12,15,18,23,27-28,32-34,39-44,48,53,69-70H,13-14,16-17,19-22,24-26,29-31H2,1-4H3,(H2,58,63)(H,61,71)/t34-,39?,40?,41+,43?,44?,48-,53+/m0/s1. The highest BCUT2D eigenvalue weighted by Crippen LogP contribution is 2.41. The number of aliphatic hydroxyl groups excluding tert-OH is 1. The van der Waals surface area contributed by atoms with Gasteiger partial charge in [-0.1, -0.05) is 50.2 Å². The number of piperazine rings is 1. The molecule has 0 radical (unpaired) electrons. The monoisotopic (exact) mass is 1050 g/mol. The molecule has 1 aliphatic carbocycles. The molecule has 4 aromatic heterocycles. The number of pyridine rings is 1. The van der Waals surface area contributed by atoms with Crippen molar-refractivity contribution in [1.29, 1.82) is 0 Å². The van der Waals surface area contributed by atoms with Crippen LogP contribution in [-0.2, 0) is 14.3 Å². The molecular weight excluding hydrogens is 983 g/mol. The first kappa shape index (κ1) is 51.8. The Balaban J connectivity index is 0.601. The Bertz CT molecular complexity index is 3000. The number of phenolic OH excluding ortho intramolecular Hbond substituents is 1. The predicted molar refractivity (Wildman–Crippen MR) is 286 cm³/mol. The number of aromatic nitrogens is 5. The lowest BCUT2D eigenvalue weighted by molar-refractivity contribution is -0.141. The van der Waals surface area contributed by atoms with Gasteiger partial charge in [0.2, 0.25) is 17.7 Å². The number of rotatable bonds is 18. The van der Waals surface area contributed by atoms with Crippen LogP contribution in [0, 0.1) is 12.8 Å². The Morgan fingerprint density at radius 1 is 0.870 bits per heavy atom. The number of amides is 2. The second-order valence-corrected chi connectivity index (χ2v) is 21.7. The Morgan fingerprint density at radius 3 is 2.36 bits per heavy atom. The van der Waals surface area contributed by atoms with E-state index in [1.165, 1.54) is 11.3 Å². The van der Waals surface area contributed by atoms with Crippen molar-refractivity contribution in [1.82, 2.24) is 40.4 Å². The largest absolute Gasteiger partial charge is 0.507 e. The Kier molecular flexibility index (Phi) is 15.0. The lowest BCUT2D eigenvalue weighted by atomic mass is 9.91. The van der Waals surface area contributed by atoms with Gasteiger partial charge in [0.1, 0.15) is 30.4 Å². The maximum absolute atomic E-state index is 14.2. The summed E-state index contributed by atoms with van der Waals surface area (Å²) in [4.78, 5) is 45.4. The highest BCUT2D eigenvalue weighted by Gasteiger charge is 2.45. The van der Waals surface area contributed by atoms with Crippen molar-refractivity contribution in [2.75, 3.05) is 61.4 Å². The summed E-state index contributed by atoms with van der Waals surface area (Å²) in [6.07, 6.45) is 8.59. The Labute approximate surface area is 447 Å². The molecule has 2 aromatic carbocycles. The molecule has 5 fully saturated rings. The van der Waals surface area contributed by atoms with E-state index in [-0.39, 0.29) is 72.9 Å². The van der Waals surface area contributed by atoms with Gasteiger partial charge in [0.25, 0.3) is 5.88 Å². The number of piperidine rings is 1. The number of carbonyl (C=O) groups is 2. The molecule has 2 bridgehead atoms. The van der Waals surface area contributed by atoms with E-state index in [1.54, 1.807) is 18.2 Å². The summed E-state index contributed by atoms with van der Waals surface area (Å²) in [5.41, 5.74) is 12.1. The van der Waals surface area contributed by atoms with E-state index in [9.17, 15) is 19.8 Å². The van der Waals surface area contributed by atoms with Crippen LogP contribution in [0.2, 0.25) is 0 Å². The summed E-state index contributed by atoms with van der Waals surface area (Å²) < 4.78 is 30.3. The number of fused-ring (bicyclic) bond motifs is 2. The van der Waals surface area contributed by atoms with Gasteiger partial charge >= 0.3 is 0 Å². The van der Waals surface area contributed by atoms with Crippen LogP contribution in [0.15, 0.2) is 94.3 Å². The average Bonchev–Trinajstić information content (AvgIpc) is 4.22. The van der Waals surface area contributed by atoms with Crippen LogP contribution < -0.4 is 30.3 Å². The molecule has 20 heteroatoms. The maximum atomic E-state index is 14.2. The first-order valence-electron chi connectivity index (χ1n) is 27.2. The zero-order valence-corrected chi connectivity index (χ0v) is 44.1. The minimum absolute atomic E-state index is 0.0413. The number of nitrogen functional groups attached to an aromatic ring is 1. The van der Waals surface area contributed by atoms with E-state index in [0.29, 0.717) is 53.5 Å². The molecule has 8 heterocycles. The molecule has 6 atom stereocenters. The zero-order valence-electron chi connectivity index (χ0n) is 44.1. The maximum Gasteiger partial charge on any atom is 0.254 e. The number of hydrogen-bond donors (Lipinski definition) is 4. The molecule has 0 spiro atoms. The van der Waals surface area contributed by atoms with Crippen LogP contribution in [0.5, 0.6) is 17.5 Å². The van der Waals surface area contributed by atoms with Crippen molar-refractivity contribution in [2.24, 2.45) is 5.92 Å². The summed E-state index contributed by atoms with van der Waals surface area (Å²) in [6, 6.07) is 22.0. The fourth-order valence-corrected chi connectivity index (χ4v) is 11.9. The number of benzene rings is 2. The summed E-state index contributed by atoms with van der Waals surface area (Å²) in [7, 11) is 0. The second kappa shape index (κ2) is 22.4. The summed E-state index contributed by atoms with van der Waals surface area (Å²) in [5, 5.41) is 36.9. The molecule has 4 aliphatic heterocycles. The number of nitrogens with two attached hydrogens (primary N) is 1. The van der Waals surface area contributed by atoms with Gasteiger partial charge in [-0.15, -0.1) is 10.2 Å². The molecule has 77 heavy (non-hydrogen) atoms. The second-order valence-electron chi connectivity index (χ2n) is 21.7. The molecule has 4 saturated heterocycles. The molecule has 406 valence electrons. The van der Waals surface area contributed by atoms with Crippen LogP contribution in [0.3, 0.4) is 0 Å². The lowest BCUT2D eigenvalue weighted by Gasteiger charge is -2.43. The number of anilines is 3. The molecule has 2 unspecified atom stereocenters. The SMILES string of the molecule is Cc1ncoc1-c1ccc([C@H](C)NC(=O)[C@@H]2C[C@@H](O)CN2C(=O)[C@@H](c2cc(OCCN3CCC(OC4CC(Oc5cc(N6C7CCC6CN(c6cc(-c8ccccc8O)nnc6N)C7)ccn5)C4)CC3)no2)C(C)C)cc1. The topological polar surface area (TPSA) is 244 Å². The third-order valence-electron chi connectivity index (χ3n) is 16.1. The van der Waals surface area contributed by atoms with E-state index in [0.717, 1.165) is 92.9 Å². The van der Waals surface area contributed by atoms with Crippen molar-refractivity contribution in [3.05, 3.63) is 102 Å². The number of oxazole rings is 1. The lowest BCUT2D eigenvalue weighted by Crippen LogP contribution is -2.54. The van der Waals surface area contributed by atoms with E-state index < -0.39 is 18.1 Å². The number of nitrogens with zero attached hydrogens (tertiary/aromatic N) is 9. The number of aromatic hydroxyl groups is 1. The van der Waals surface area contributed by atoms with Crippen molar-refractivity contribution in [3.63, 3.8) is 0 Å². The highest BCUT2D eigenvalue weighted by atomic mass is 16.5. The minimum Gasteiger partial charge on any atom is -0.507 e. The van der Waals surface area contributed by atoms with Crippen molar-refractivity contribution < 1.29 is 43.0 Å². The van der Waals surface area contributed by atoms with Crippen molar-refractivity contribution >= 4 is 29.0 Å². The van der Waals surface area contributed by atoms with Gasteiger partial charge in [0.15, 0.2) is 23.7 Å². The van der Waals surface area contributed by atoms with Crippen LogP contribution in [0.1, 0.15) is 94.7 Å². The van der Waals surface area contributed by atoms with Crippen LogP contribution >= 0.6 is 0 Å². The quantitative estimate of drug-likeness (QED) is 0.0701. The van der Waals surface area contributed by atoms with Gasteiger partial charge in [-0.3, -0.25) is 14.5 Å². The summed E-state index contributed by atoms with van der Waals surface area (Å²) in [6.45, 7) is 12.1. The minimum atomic E-state index is -0.846. The molecule has 5 aliphatic rings. The Morgan fingerprint density at radius 2 is 1.64 bits per heavy atom. The van der Waals surface area contributed by atoms with Crippen molar-refractivity contribution in [2.45, 2.75) is 127 Å². The molecule has 5 N–H and O–H groups in total. The van der Waals surface area contributed by atoms with Gasteiger partial charge < -0.3 is 59.1 Å². The number of hydrogen-bond acceptors (Lipinski definition) is 18. The van der Waals surface area contributed by atoms with Crippen LogP contribution in [-0.4, -0.2) is 146 Å². The smallest absolute Gasteiger partial charge is 0.254 e. The number of nitrogens with one attached hydrogen (secondary N) is 1. The predicted octanol–water partition coefficient (Wildman–Crippen LogP) is 6.68. The summed E-state index contributed by atoms with van der Waals surface area (Å²) >= 11 is 0. The number of aryl methyl sites for hydroxylation is 1. The Hall–Kier alpha value is -7.29. The fraction of sp³-hybridized carbons (Fsp3) is 0.491. The zero-order chi connectivity index (χ0) is 53.3. The van der Waals surface area contributed by atoms with E-state index in [1.807, 2.05) is 76.4 Å². The first-order chi connectivity index (χ1) is 37.3. The third kappa shape index (κ3) is 11.3. The van der Waals surface area contributed by atoms with E-state index in [4.69, 9.17) is 28.9 Å². The van der Waals surface area contributed by atoms with Crippen LogP contribution in [0.25, 0.3) is 22.6 Å². The number of likely N-dealkylation sites (tertiary alicyclic amines) is 2. The number of aliphatic hydroxyl groups is 1. The molecule has 11 rings (SSSR count). The van der Waals surface area contributed by atoms with Gasteiger partial charge in [-0.2, -0.15) is 0 Å². The number of carbonyl (C=O) groups excluding carboxylic acids is 2. The van der Waals surface area contributed by atoms with E-state index in [2.05, 4.69) is 57.5 Å². The fourth-order valence-electron chi connectivity index (χ4n) is 11.9. The van der Waals surface area contributed by atoms with Gasteiger partial charge in [-0.05, 0) is 80.4 Å². The molecule has 6 aromatic rings. The van der Waals surface area contributed by atoms with Crippen molar-refractivity contribution in [3.8, 4) is 40.1 Å². The van der Waals surface area contributed by atoms with Gasteiger partial charge in [0, 0.05) is 106 Å².